The Morgan fingerprint density at radius 1 is 0.750 bits per heavy atom. The predicted molar refractivity (Wildman–Crippen MR) is 109 cm³/mol. The van der Waals surface area contributed by atoms with Crippen LogP contribution >= 0.6 is 0 Å². The lowest BCUT2D eigenvalue weighted by molar-refractivity contribution is 0.0950. The van der Waals surface area contributed by atoms with E-state index in [9.17, 15) is 9.59 Å². The fourth-order valence-corrected chi connectivity index (χ4v) is 2.80. The van der Waals surface area contributed by atoms with Crippen molar-refractivity contribution in [3.05, 3.63) is 101 Å². The van der Waals surface area contributed by atoms with Crippen LogP contribution in [0.25, 0.3) is 0 Å². The number of anilines is 1. The number of amides is 2. The smallest absolute Gasteiger partial charge is 0.255 e. The zero-order valence-corrected chi connectivity index (χ0v) is 15.6. The molecule has 0 aliphatic carbocycles. The lowest BCUT2D eigenvalue weighted by Gasteiger charge is -2.11. The summed E-state index contributed by atoms with van der Waals surface area (Å²) >= 11 is 0. The lowest BCUT2D eigenvalue weighted by atomic mass is 10.1. The topological polar surface area (TPSA) is 67.4 Å². The first-order valence-electron chi connectivity index (χ1n) is 8.98. The third-order valence-electron chi connectivity index (χ3n) is 4.30. The SMILES string of the molecule is COCc1ccccc1CNC(=O)c1ccc(NC(=O)c2ccccc2)cc1. The van der Waals surface area contributed by atoms with E-state index < -0.39 is 0 Å². The molecule has 5 heteroatoms. The predicted octanol–water partition coefficient (Wildman–Crippen LogP) is 4.02. The maximum Gasteiger partial charge on any atom is 0.255 e. The van der Waals surface area contributed by atoms with E-state index >= 15 is 0 Å². The molecule has 2 amide bonds. The molecule has 3 rings (SSSR count). The van der Waals surface area contributed by atoms with Crippen molar-refractivity contribution < 1.29 is 14.3 Å². The van der Waals surface area contributed by atoms with E-state index in [2.05, 4.69) is 10.6 Å². The Bertz CT molecular complexity index is 938. The van der Waals surface area contributed by atoms with Gasteiger partial charge in [0.25, 0.3) is 11.8 Å². The number of hydrogen-bond donors (Lipinski definition) is 2. The Morgan fingerprint density at radius 3 is 2.04 bits per heavy atom. The van der Waals surface area contributed by atoms with E-state index in [-0.39, 0.29) is 11.8 Å². The van der Waals surface area contributed by atoms with Crippen molar-refractivity contribution in [1.29, 1.82) is 0 Å². The van der Waals surface area contributed by atoms with Crippen LogP contribution in [0.3, 0.4) is 0 Å². The van der Waals surface area contributed by atoms with Gasteiger partial charge in [-0.3, -0.25) is 9.59 Å². The summed E-state index contributed by atoms with van der Waals surface area (Å²) in [6.07, 6.45) is 0. The fraction of sp³-hybridized carbons (Fsp3) is 0.130. The summed E-state index contributed by atoms with van der Waals surface area (Å²) < 4.78 is 5.19. The van der Waals surface area contributed by atoms with Crippen LogP contribution < -0.4 is 10.6 Å². The van der Waals surface area contributed by atoms with Crippen LogP contribution in [0, 0.1) is 0 Å². The van der Waals surface area contributed by atoms with Gasteiger partial charge in [-0.1, -0.05) is 42.5 Å². The summed E-state index contributed by atoms with van der Waals surface area (Å²) in [5.74, 6) is -0.360. The molecule has 0 atom stereocenters. The molecule has 0 aliphatic heterocycles. The van der Waals surface area contributed by atoms with Gasteiger partial charge >= 0.3 is 0 Å². The van der Waals surface area contributed by atoms with Crippen LogP contribution in [0.5, 0.6) is 0 Å². The normalized spacial score (nSPS) is 10.3. The highest BCUT2D eigenvalue weighted by Gasteiger charge is 2.09. The van der Waals surface area contributed by atoms with Gasteiger partial charge in [0.05, 0.1) is 6.61 Å². The Kier molecular flexibility index (Phi) is 6.54. The molecule has 0 heterocycles. The molecule has 0 unspecified atom stereocenters. The molecular weight excluding hydrogens is 352 g/mol. The zero-order valence-electron chi connectivity index (χ0n) is 15.6. The maximum absolute atomic E-state index is 12.4. The lowest BCUT2D eigenvalue weighted by Crippen LogP contribution is -2.23. The molecule has 3 aromatic rings. The zero-order chi connectivity index (χ0) is 19.8. The summed E-state index contributed by atoms with van der Waals surface area (Å²) in [5.41, 5.74) is 3.81. The Hall–Kier alpha value is -3.44. The van der Waals surface area contributed by atoms with Gasteiger partial charge in [0, 0.05) is 30.5 Å². The summed E-state index contributed by atoms with van der Waals surface area (Å²) in [4.78, 5) is 24.6. The van der Waals surface area contributed by atoms with E-state index in [0.29, 0.717) is 30.0 Å². The van der Waals surface area contributed by atoms with Crippen molar-refractivity contribution in [2.45, 2.75) is 13.2 Å². The second kappa shape index (κ2) is 9.48. The fourth-order valence-electron chi connectivity index (χ4n) is 2.80. The number of benzene rings is 3. The van der Waals surface area contributed by atoms with Gasteiger partial charge in [-0.25, -0.2) is 0 Å². The summed E-state index contributed by atoms with van der Waals surface area (Å²) in [5, 5.41) is 5.74. The first-order chi connectivity index (χ1) is 13.7. The monoisotopic (exact) mass is 374 g/mol. The van der Waals surface area contributed by atoms with E-state index in [0.717, 1.165) is 11.1 Å². The number of methoxy groups -OCH3 is 1. The van der Waals surface area contributed by atoms with Gasteiger partial charge in [0.2, 0.25) is 0 Å². The van der Waals surface area contributed by atoms with Crippen molar-refractivity contribution in [3.8, 4) is 0 Å². The molecular formula is C23H22N2O3. The Morgan fingerprint density at radius 2 is 1.36 bits per heavy atom. The van der Waals surface area contributed by atoms with Gasteiger partial charge in [0.15, 0.2) is 0 Å². The van der Waals surface area contributed by atoms with Crippen molar-refractivity contribution >= 4 is 17.5 Å². The van der Waals surface area contributed by atoms with Crippen LogP contribution in [0.15, 0.2) is 78.9 Å². The van der Waals surface area contributed by atoms with Crippen LogP contribution in [-0.4, -0.2) is 18.9 Å². The number of ether oxygens (including phenoxy) is 1. The van der Waals surface area contributed by atoms with Gasteiger partial charge < -0.3 is 15.4 Å². The van der Waals surface area contributed by atoms with Crippen molar-refractivity contribution in [1.82, 2.24) is 5.32 Å². The molecule has 0 spiro atoms. The highest BCUT2D eigenvalue weighted by Crippen LogP contribution is 2.13. The molecule has 0 aliphatic rings. The molecule has 142 valence electrons. The quantitative estimate of drug-likeness (QED) is 0.656. The van der Waals surface area contributed by atoms with Crippen molar-refractivity contribution in [2.75, 3.05) is 12.4 Å². The molecule has 0 radical (unpaired) electrons. The summed E-state index contributed by atoms with van der Waals surface area (Å²) in [6.45, 7) is 0.923. The minimum atomic E-state index is -0.187. The van der Waals surface area contributed by atoms with E-state index in [4.69, 9.17) is 4.74 Å². The highest BCUT2D eigenvalue weighted by molar-refractivity contribution is 6.04. The second-order valence-corrected chi connectivity index (χ2v) is 6.28. The number of nitrogens with one attached hydrogen (secondary N) is 2. The maximum atomic E-state index is 12.4. The summed E-state index contributed by atoms with van der Waals surface area (Å²) in [6, 6.07) is 23.6. The Labute approximate surface area is 164 Å². The van der Waals surface area contributed by atoms with E-state index in [1.54, 1.807) is 43.5 Å². The second-order valence-electron chi connectivity index (χ2n) is 6.28. The van der Waals surface area contributed by atoms with Crippen molar-refractivity contribution in [2.24, 2.45) is 0 Å². The molecule has 5 nitrogen and oxygen atoms in total. The number of rotatable bonds is 7. The minimum absolute atomic E-state index is 0.173. The molecule has 28 heavy (non-hydrogen) atoms. The molecule has 0 saturated carbocycles. The van der Waals surface area contributed by atoms with Gasteiger partial charge in [-0.2, -0.15) is 0 Å². The van der Waals surface area contributed by atoms with Gasteiger partial charge in [-0.05, 0) is 47.5 Å². The molecule has 0 saturated heterocycles. The third kappa shape index (κ3) is 5.05. The number of carbonyl (C=O) groups excluding carboxylic acids is 2. The average molecular weight is 374 g/mol. The van der Waals surface area contributed by atoms with E-state index in [1.165, 1.54) is 0 Å². The first kappa shape index (κ1) is 19.3. The van der Waals surface area contributed by atoms with Gasteiger partial charge in [-0.15, -0.1) is 0 Å². The molecule has 0 bridgehead atoms. The highest BCUT2D eigenvalue weighted by atomic mass is 16.5. The number of hydrogen-bond acceptors (Lipinski definition) is 3. The number of carbonyl (C=O) groups is 2. The van der Waals surface area contributed by atoms with Crippen molar-refractivity contribution in [3.63, 3.8) is 0 Å². The molecule has 0 fully saturated rings. The average Bonchev–Trinajstić information content (AvgIpc) is 2.74. The van der Waals surface area contributed by atoms with E-state index in [1.807, 2.05) is 42.5 Å². The van der Waals surface area contributed by atoms with Crippen LogP contribution in [0.4, 0.5) is 5.69 Å². The standard InChI is InChI=1S/C23H22N2O3/c1-28-16-20-10-6-5-9-19(20)15-24-22(26)18-11-13-21(14-12-18)25-23(27)17-7-3-2-4-8-17/h2-14H,15-16H2,1H3,(H,24,26)(H,25,27). The molecule has 0 aromatic heterocycles. The first-order valence-corrected chi connectivity index (χ1v) is 8.98. The molecule has 2 N–H and O–H groups in total. The minimum Gasteiger partial charge on any atom is -0.380 e. The Balaban J connectivity index is 1.59. The van der Waals surface area contributed by atoms with Crippen LogP contribution in [-0.2, 0) is 17.9 Å². The largest absolute Gasteiger partial charge is 0.380 e. The molecule has 3 aromatic carbocycles. The third-order valence-corrected chi connectivity index (χ3v) is 4.30. The van der Waals surface area contributed by atoms with Gasteiger partial charge in [0.1, 0.15) is 0 Å². The van der Waals surface area contributed by atoms with Crippen LogP contribution in [0.1, 0.15) is 31.8 Å². The van der Waals surface area contributed by atoms with Crippen LogP contribution in [0.2, 0.25) is 0 Å². The summed E-state index contributed by atoms with van der Waals surface area (Å²) in [7, 11) is 1.65.